The number of ether oxygens (including phenoxy) is 2. The lowest BCUT2D eigenvalue weighted by atomic mass is 10.1. The molecule has 1 N–H and O–H groups in total. The van der Waals surface area contributed by atoms with E-state index in [2.05, 4.69) is 0 Å². The van der Waals surface area contributed by atoms with E-state index in [0.717, 1.165) is 23.5 Å². The number of aliphatic hydroxyl groups is 1. The van der Waals surface area contributed by atoms with Crippen molar-refractivity contribution < 1.29 is 14.6 Å². The third-order valence-electron chi connectivity index (χ3n) is 3.22. The van der Waals surface area contributed by atoms with Gasteiger partial charge < -0.3 is 14.6 Å². The van der Waals surface area contributed by atoms with E-state index >= 15 is 0 Å². The maximum absolute atomic E-state index is 9.96. The summed E-state index contributed by atoms with van der Waals surface area (Å²) in [5.41, 5.74) is 0.851. The summed E-state index contributed by atoms with van der Waals surface area (Å²) in [6, 6.07) is 17.4. The fourth-order valence-electron chi connectivity index (χ4n) is 2.05. The summed E-state index contributed by atoms with van der Waals surface area (Å²) >= 11 is 0. The van der Waals surface area contributed by atoms with Crippen LogP contribution in [0.4, 0.5) is 0 Å². The Labute approximate surface area is 126 Å². The Morgan fingerprint density at radius 3 is 2.33 bits per heavy atom. The van der Waals surface area contributed by atoms with E-state index in [1.165, 1.54) is 0 Å². The first kappa shape index (κ1) is 15.4. The minimum Gasteiger partial charge on any atom is -0.493 e. The van der Waals surface area contributed by atoms with Gasteiger partial charge in [0.2, 0.25) is 0 Å². The summed E-state index contributed by atoms with van der Waals surface area (Å²) in [7, 11) is 0. The topological polar surface area (TPSA) is 38.7 Å². The molecule has 112 valence electrons. The Morgan fingerprint density at radius 2 is 1.57 bits per heavy atom. The van der Waals surface area contributed by atoms with Gasteiger partial charge in [-0.2, -0.15) is 0 Å². The van der Waals surface area contributed by atoms with Crippen molar-refractivity contribution in [2.24, 2.45) is 0 Å². The minimum atomic E-state index is -0.471. The molecule has 0 saturated heterocycles. The van der Waals surface area contributed by atoms with Crippen LogP contribution in [0.25, 0.3) is 0 Å². The fraction of sp³-hybridized carbons (Fsp3) is 0.333. The van der Waals surface area contributed by atoms with Crippen LogP contribution in [0.15, 0.2) is 54.6 Å². The third kappa shape index (κ3) is 4.80. The number of benzene rings is 2. The first-order chi connectivity index (χ1) is 10.3. The van der Waals surface area contributed by atoms with E-state index in [1.807, 2.05) is 61.5 Å². The number of hydrogen-bond donors (Lipinski definition) is 1. The second-order valence-corrected chi connectivity index (χ2v) is 4.83. The molecule has 2 aromatic rings. The molecule has 0 aliphatic heterocycles. The van der Waals surface area contributed by atoms with Gasteiger partial charge in [0.15, 0.2) is 0 Å². The van der Waals surface area contributed by atoms with Crippen LogP contribution in [0.3, 0.4) is 0 Å². The molecule has 3 heteroatoms. The highest BCUT2D eigenvalue weighted by molar-refractivity contribution is 5.35. The Bertz CT molecular complexity index is 525. The lowest BCUT2D eigenvalue weighted by molar-refractivity contribution is 0.165. The van der Waals surface area contributed by atoms with Gasteiger partial charge in [-0.3, -0.25) is 0 Å². The van der Waals surface area contributed by atoms with E-state index in [-0.39, 0.29) is 0 Å². The minimum absolute atomic E-state index is 0.471. The predicted octanol–water partition coefficient (Wildman–Crippen LogP) is 3.98. The fourth-order valence-corrected chi connectivity index (χ4v) is 2.05. The predicted molar refractivity (Wildman–Crippen MR) is 83.7 cm³/mol. The molecule has 21 heavy (non-hydrogen) atoms. The highest BCUT2D eigenvalue weighted by atomic mass is 16.5. The van der Waals surface area contributed by atoms with Gasteiger partial charge in [-0.1, -0.05) is 43.3 Å². The lowest BCUT2D eigenvalue weighted by Crippen LogP contribution is -2.07. The normalized spacial score (nSPS) is 11.9. The Morgan fingerprint density at radius 1 is 0.905 bits per heavy atom. The van der Waals surface area contributed by atoms with Crippen molar-refractivity contribution in [2.45, 2.75) is 25.9 Å². The third-order valence-corrected chi connectivity index (χ3v) is 3.22. The van der Waals surface area contributed by atoms with Crippen LogP contribution in [0, 0.1) is 0 Å². The van der Waals surface area contributed by atoms with Gasteiger partial charge in [-0.15, -0.1) is 0 Å². The molecule has 0 fully saturated rings. The Hall–Kier alpha value is -2.00. The van der Waals surface area contributed by atoms with Crippen molar-refractivity contribution in [3.05, 3.63) is 60.2 Å². The van der Waals surface area contributed by atoms with Gasteiger partial charge in [0, 0.05) is 12.0 Å². The SMILES string of the molecule is CC[C@@H](O)c1ccccc1OCCCOc1ccccc1. The van der Waals surface area contributed by atoms with Crippen LogP contribution in [-0.2, 0) is 0 Å². The quantitative estimate of drug-likeness (QED) is 0.746. The van der Waals surface area contributed by atoms with Crippen molar-refractivity contribution in [1.82, 2.24) is 0 Å². The van der Waals surface area contributed by atoms with Gasteiger partial charge in [-0.25, -0.2) is 0 Å². The lowest BCUT2D eigenvalue weighted by Gasteiger charge is -2.15. The molecule has 1 atom stereocenters. The van der Waals surface area contributed by atoms with Crippen LogP contribution in [-0.4, -0.2) is 18.3 Å². The maximum Gasteiger partial charge on any atom is 0.125 e. The van der Waals surface area contributed by atoms with E-state index in [9.17, 15) is 5.11 Å². The van der Waals surface area contributed by atoms with E-state index < -0.39 is 6.10 Å². The van der Waals surface area contributed by atoms with Crippen LogP contribution in [0.5, 0.6) is 11.5 Å². The molecule has 3 nitrogen and oxygen atoms in total. The second kappa shape index (κ2) is 8.32. The molecule has 0 radical (unpaired) electrons. The summed E-state index contributed by atoms with van der Waals surface area (Å²) < 4.78 is 11.4. The van der Waals surface area contributed by atoms with Crippen molar-refractivity contribution in [1.29, 1.82) is 0 Å². The summed E-state index contributed by atoms with van der Waals surface area (Å²) in [5, 5.41) is 9.96. The molecule has 0 heterocycles. The first-order valence-electron chi connectivity index (χ1n) is 7.39. The molecule has 0 bridgehead atoms. The molecule has 2 aromatic carbocycles. The Kier molecular flexibility index (Phi) is 6.10. The summed E-state index contributed by atoms with van der Waals surface area (Å²) in [6.45, 7) is 3.14. The van der Waals surface area contributed by atoms with E-state index in [0.29, 0.717) is 19.6 Å². The van der Waals surface area contributed by atoms with Crippen LogP contribution >= 0.6 is 0 Å². The molecule has 0 aromatic heterocycles. The molecule has 0 aliphatic carbocycles. The molecule has 0 aliphatic rings. The van der Waals surface area contributed by atoms with E-state index in [4.69, 9.17) is 9.47 Å². The number of aliphatic hydroxyl groups excluding tert-OH is 1. The standard InChI is InChI=1S/C18H22O3/c1-2-17(19)16-11-6-7-12-18(16)21-14-8-13-20-15-9-4-3-5-10-15/h3-7,9-12,17,19H,2,8,13-14H2,1H3/t17-/m1/s1. The molecule has 0 unspecified atom stereocenters. The zero-order valence-electron chi connectivity index (χ0n) is 12.4. The average molecular weight is 286 g/mol. The second-order valence-electron chi connectivity index (χ2n) is 4.83. The number of para-hydroxylation sites is 2. The van der Waals surface area contributed by atoms with Crippen molar-refractivity contribution in [2.75, 3.05) is 13.2 Å². The van der Waals surface area contributed by atoms with Gasteiger partial charge in [0.1, 0.15) is 11.5 Å². The van der Waals surface area contributed by atoms with Crippen LogP contribution in [0.1, 0.15) is 31.4 Å². The van der Waals surface area contributed by atoms with Gasteiger partial charge >= 0.3 is 0 Å². The summed E-state index contributed by atoms with van der Waals surface area (Å²) in [4.78, 5) is 0. The van der Waals surface area contributed by atoms with Gasteiger partial charge in [0.05, 0.1) is 19.3 Å². The molecule has 2 rings (SSSR count). The molecule has 0 spiro atoms. The average Bonchev–Trinajstić information content (AvgIpc) is 2.55. The smallest absolute Gasteiger partial charge is 0.125 e. The summed E-state index contributed by atoms with van der Waals surface area (Å²) in [6.07, 6.45) is 1.00. The van der Waals surface area contributed by atoms with Crippen molar-refractivity contribution in [3.63, 3.8) is 0 Å². The van der Waals surface area contributed by atoms with Crippen molar-refractivity contribution in [3.8, 4) is 11.5 Å². The highest BCUT2D eigenvalue weighted by Crippen LogP contribution is 2.26. The molecular weight excluding hydrogens is 264 g/mol. The zero-order valence-corrected chi connectivity index (χ0v) is 12.4. The van der Waals surface area contributed by atoms with Gasteiger partial charge in [0.25, 0.3) is 0 Å². The number of hydrogen-bond acceptors (Lipinski definition) is 3. The maximum atomic E-state index is 9.96. The van der Waals surface area contributed by atoms with E-state index in [1.54, 1.807) is 0 Å². The largest absolute Gasteiger partial charge is 0.493 e. The monoisotopic (exact) mass is 286 g/mol. The molecule has 0 amide bonds. The Balaban J connectivity index is 1.76. The summed E-state index contributed by atoms with van der Waals surface area (Å²) in [5.74, 6) is 1.63. The van der Waals surface area contributed by atoms with Gasteiger partial charge in [-0.05, 0) is 24.6 Å². The van der Waals surface area contributed by atoms with Crippen LogP contribution in [0.2, 0.25) is 0 Å². The van der Waals surface area contributed by atoms with Crippen molar-refractivity contribution >= 4 is 0 Å². The molecular formula is C18H22O3. The number of rotatable bonds is 8. The molecule has 0 saturated carbocycles. The first-order valence-corrected chi connectivity index (χ1v) is 7.39. The highest BCUT2D eigenvalue weighted by Gasteiger charge is 2.10. The van der Waals surface area contributed by atoms with Crippen LogP contribution < -0.4 is 9.47 Å². The zero-order chi connectivity index (χ0) is 14.9.